The fourth-order valence-corrected chi connectivity index (χ4v) is 4.64. The second kappa shape index (κ2) is 7.10. The lowest BCUT2D eigenvalue weighted by Crippen LogP contribution is -2.56. The number of benzene rings is 2. The van der Waals surface area contributed by atoms with E-state index in [2.05, 4.69) is 21.9 Å². The second-order valence-electron chi connectivity index (χ2n) is 8.00. The maximum Gasteiger partial charge on any atom is 0.244 e. The summed E-state index contributed by atoms with van der Waals surface area (Å²) in [6, 6.07) is 17.6. The van der Waals surface area contributed by atoms with Crippen LogP contribution < -0.4 is 10.9 Å². The molecule has 0 unspecified atom stereocenters. The number of aromatic nitrogens is 1. The molecule has 144 valence electrons. The third-order valence-electron chi connectivity index (χ3n) is 6.32. The van der Waals surface area contributed by atoms with E-state index in [1.54, 1.807) is 6.20 Å². The van der Waals surface area contributed by atoms with Crippen molar-refractivity contribution < 1.29 is 4.79 Å². The second-order valence-corrected chi connectivity index (χ2v) is 8.40. The minimum Gasteiger partial charge on any atom is -0.298 e. The molecule has 3 aromatic rings. The quantitative estimate of drug-likeness (QED) is 0.564. The topological polar surface area (TPSA) is 54.0 Å². The highest BCUT2D eigenvalue weighted by atomic mass is 35.5. The van der Waals surface area contributed by atoms with Gasteiger partial charge in [0.2, 0.25) is 5.91 Å². The molecule has 2 N–H and O–H groups in total. The first kappa shape index (κ1) is 18.8. The molecule has 1 aliphatic rings. The van der Waals surface area contributed by atoms with Crippen molar-refractivity contribution in [2.75, 3.05) is 5.43 Å². The Morgan fingerprint density at radius 2 is 1.86 bits per heavy atom. The van der Waals surface area contributed by atoms with E-state index in [-0.39, 0.29) is 11.3 Å². The standard InChI is InChI=1S/C23H24ClN3O/c1-22(2,23(13-7-14-23)17-9-3-4-10-18(17)24)21(28)27-26-20-12-5-11-19-16(20)8-6-15-25-19/h3-6,8-12,15,26H,7,13-14H2,1-2H3,(H,27,28). The van der Waals surface area contributed by atoms with Crippen LogP contribution in [0.4, 0.5) is 5.69 Å². The van der Waals surface area contributed by atoms with E-state index in [1.165, 1.54) is 0 Å². The van der Waals surface area contributed by atoms with Gasteiger partial charge < -0.3 is 0 Å². The Morgan fingerprint density at radius 3 is 2.57 bits per heavy atom. The van der Waals surface area contributed by atoms with Gasteiger partial charge in [0.15, 0.2) is 0 Å². The van der Waals surface area contributed by atoms with E-state index >= 15 is 0 Å². The summed E-state index contributed by atoms with van der Waals surface area (Å²) >= 11 is 6.52. The van der Waals surface area contributed by atoms with Gasteiger partial charge >= 0.3 is 0 Å². The zero-order valence-electron chi connectivity index (χ0n) is 16.1. The fourth-order valence-electron chi connectivity index (χ4n) is 4.32. The number of halogens is 1. The Hall–Kier alpha value is -2.59. The normalized spacial score (nSPS) is 15.7. The van der Waals surface area contributed by atoms with Gasteiger partial charge in [-0.2, -0.15) is 0 Å². The summed E-state index contributed by atoms with van der Waals surface area (Å²) in [5.74, 6) is -0.0481. The van der Waals surface area contributed by atoms with Crippen LogP contribution in [0.15, 0.2) is 60.8 Å². The number of anilines is 1. The molecule has 0 radical (unpaired) electrons. The molecule has 0 bridgehead atoms. The highest BCUT2D eigenvalue weighted by Gasteiger charge is 2.55. The van der Waals surface area contributed by atoms with Crippen LogP contribution in [0, 0.1) is 5.41 Å². The Labute approximate surface area is 170 Å². The van der Waals surface area contributed by atoms with Crippen molar-refractivity contribution in [3.05, 3.63) is 71.4 Å². The molecule has 4 rings (SSSR count). The highest BCUT2D eigenvalue weighted by molar-refractivity contribution is 6.31. The molecule has 5 heteroatoms. The molecule has 4 nitrogen and oxygen atoms in total. The van der Waals surface area contributed by atoms with Gasteiger partial charge in [0.25, 0.3) is 0 Å². The van der Waals surface area contributed by atoms with Gasteiger partial charge in [-0.15, -0.1) is 0 Å². The molecule has 0 spiro atoms. The number of pyridine rings is 1. The Balaban J connectivity index is 1.59. The zero-order valence-corrected chi connectivity index (χ0v) is 16.9. The van der Waals surface area contributed by atoms with Crippen LogP contribution in [0.1, 0.15) is 38.7 Å². The number of hydrazine groups is 1. The van der Waals surface area contributed by atoms with Gasteiger partial charge in [-0.05, 0) is 48.7 Å². The average molecular weight is 394 g/mol. The summed E-state index contributed by atoms with van der Waals surface area (Å²) in [5, 5.41) is 1.70. The largest absolute Gasteiger partial charge is 0.298 e. The van der Waals surface area contributed by atoms with E-state index in [0.29, 0.717) is 0 Å². The number of carbonyl (C=O) groups is 1. The molecule has 2 aromatic carbocycles. The first-order valence-electron chi connectivity index (χ1n) is 9.61. The molecule has 1 saturated carbocycles. The smallest absolute Gasteiger partial charge is 0.244 e. The Kier molecular flexibility index (Phi) is 4.76. The number of hydrogen-bond acceptors (Lipinski definition) is 3. The van der Waals surface area contributed by atoms with E-state index in [0.717, 1.165) is 46.4 Å². The van der Waals surface area contributed by atoms with Crippen LogP contribution in [0.25, 0.3) is 10.9 Å². The zero-order chi connectivity index (χ0) is 19.8. The molecule has 28 heavy (non-hydrogen) atoms. The van der Waals surface area contributed by atoms with Crippen molar-refractivity contribution in [3.63, 3.8) is 0 Å². The third kappa shape index (κ3) is 2.92. The van der Waals surface area contributed by atoms with Gasteiger partial charge in [0.1, 0.15) is 0 Å². The minimum atomic E-state index is -0.619. The number of hydrogen-bond donors (Lipinski definition) is 2. The van der Waals surface area contributed by atoms with Crippen molar-refractivity contribution >= 4 is 34.1 Å². The summed E-state index contributed by atoms with van der Waals surface area (Å²) in [7, 11) is 0. The predicted molar refractivity (Wildman–Crippen MR) is 114 cm³/mol. The molecular weight excluding hydrogens is 370 g/mol. The van der Waals surface area contributed by atoms with Crippen LogP contribution in [-0.2, 0) is 10.2 Å². The monoisotopic (exact) mass is 393 g/mol. The molecule has 1 aliphatic carbocycles. The summed E-state index contributed by atoms with van der Waals surface area (Å²) in [6.07, 6.45) is 4.77. The number of rotatable bonds is 5. The summed E-state index contributed by atoms with van der Waals surface area (Å²) in [4.78, 5) is 17.6. The lowest BCUT2D eigenvalue weighted by atomic mass is 9.51. The predicted octanol–water partition coefficient (Wildman–Crippen LogP) is 5.48. The van der Waals surface area contributed by atoms with E-state index in [4.69, 9.17) is 11.6 Å². The van der Waals surface area contributed by atoms with Gasteiger partial charge in [0.05, 0.1) is 16.6 Å². The number of nitrogens with one attached hydrogen (secondary N) is 2. The molecule has 1 amide bonds. The lowest BCUT2D eigenvalue weighted by Gasteiger charge is -2.52. The van der Waals surface area contributed by atoms with Crippen LogP contribution in [-0.4, -0.2) is 10.9 Å². The lowest BCUT2D eigenvalue weighted by molar-refractivity contribution is -0.135. The maximum atomic E-state index is 13.3. The van der Waals surface area contributed by atoms with E-state index < -0.39 is 5.41 Å². The molecule has 1 aromatic heterocycles. The number of fused-ring (bicyclic) bond motifs is 1. The first-order valence-corrected chi connectivity index (χ1v) is 9.99. The number of nitrogens with zero attached hydrogens (tertiary/aromatic N) is 1. The number of carbonyl (C=O) groups excluding carboxylic acids is 1. The van der Waals surface area contributed by atoms with Gasteiger partial charge in [0, 0.05) is 22.0 Å². The van der Waals surface area contributed by atoms with Crippen LogP contribution >= 0.6 is 11.6 Å². The third-order valence-corrected chi connectivity index (χ3v) is 6.65. The van der Waals surface area contributed by atoms with Crippen molar-refractivity contribution in [1.82, 2.24) is 10.4 Å². The van der Waals surface area contributed by atoms with Gasteiger partial charge in [-0.3, -0.25) is 20.6 Å². The Bertz CT molecular complexity index is 1020. The summed E-state index contributed by atoms with van der Waals surface area (Å²) in [5.41, 5.74) is 7.95. The van der Waals surface area contributed by atoms with Crippen molar-refractivity contribution in [2.24, 2.45) is 5.41 Å². The van der Waals surface area contributed by atoms with Gasteiger partial charge in [-0.25, -0.2) is 0 Å². The fraction of sp³-hybridized carbons (Fsp3) is 0.304. The minimum absolute atomic E-state index is 0.0481. The number of amides is 1. The average Bonchev–Trinajstić information content (AvgIpc) is 2.66. The van der Waals surface area contributed by atoms with E-state index in [9.17, 15) is 4.79 Å². The van der Waals surface area contributed by atoms with Crippen molar-refractivity contribution in [1.29, 1.82) is 0 Å². The van der Waals surface area contributed by atoms with Crippen LogP contribution in [0.5, 0.6) is 0 Å². The van der Waals surface area contributed by atoms with Gasteiger partial charge in [-0.1, -0.05) is 56.1 Å². The highest BCUT2D eigenvalue weighted by Crippen LogP contribution is 2.57. The first-order chi connectivity index (χ1) is 13.5. The van der Waals surface area contributed by atoms with E-state index in [1.807, 2.05) is 62.4 Å². The van der Waals surface area contributed by atoms with Crippen LogP contribution in [0.2, 0.25) is 5.02 Å². The summed E-state index contributed by atoms with van der Waals surface area (Å²) < 4.78 is 0. The molecule has 1 fully saturated rings. The Morgan fingerprint density at radius 1 is 1.07 bits per heavy atom. The van der Waals surface area contributed by atoms with Crippen LogP contribution in [0.3, 0.4) is 0 Å². The van der Waals surface area contributed by atoms with Crippen molar-refractivity contribution in [2.45, 2.75) is 38.5 Å². The molecular formula is C23H24ClN3O. The maximum absolute atomic E-state index is 13.3. The molecule has 0 saturated heterocycles. The molecule has 0 aliphatic heterocycles. The molecule has 0 atom stereocenters. The molecule has 1 heterocycles. The summed E-state index contributed by atoms with van der Waals surface area (Å²) in [6.45, 7) is 4.02. The SMILES string of the molecule is CC(C)(C(=O)NNc1cccc2ncccc12)C1(c2ccccc2Cl)CCC1. The van der Waals surface area contributed by atoms with Crippen molar-refractivity contribution in [3.8, 4) is 0 Å².